The zero-order chi connectivity index (χ0) is 11.8. The second kappa shape index (κ2) is 3.56. The fourth-order valence-electron chi connectivity index (χ4n) is 1.20. The molecule has 0 aromatic heterocycles. The second-order valence-corrected chi connectivity index (χ2v) is 4.43. The summed E-state index contributed by atoms with van der Waals surface area (Å²) >= 11 is 0. The van der Waals surface area contributed by atoms with Crippen molar-refractivity contribution < 1.29 is 19.4 Å². The number of hydrogen-bond acceptors (Lipinski definition) is 4. The van der Waals surface area contributed by atoms with Crippen LogP contribution in [0.1, 0.15) is 27.7 Å². The predicted octanol–water partition coefficient (Wildman–Crippen LogP) is 1.59. The fourth-order valence-corrected chi connectivity index (χ4v) is 1.20. The van der Waals surface area contributed by atoms with E-state index in [0.717, 1.165) is 11.0 Å². The van der Waals surface area contributed by atoms with Gasteiger partial charge in [-0.2, -0.15) is 0 Å². The Morgan fingerprint density at radius 2 is 2.07 bits per heavy atom. The molecule has 1 aliphatic heterocycles. The summed E-state index contributed by atoms with van der Waals surface area (Å²) in [4.78, 5) is 23.8. The molecule has 0 aromatic carbocycles. The smallest absolute Gasteiger partial charge is 0.417 e. The largest absolute Gasteiger partial charge is 0.510 e. The SMILES string of the molecule is CC1C(O)=CC(=O)N1C(=O)OC(C)(C)C. The molecule has 0 saturated heterocycles. The second-order valence-electron chi connectivity index (χ2n) is 4.43. The molecule has 0 saturated carbocycles. The first-order valence-electron chi connectivity index (χ1n) is 4.69. The third kappa shape index (κ3) is 2.49. The molecule has 1 aliphatic rings. The highest BCUT2D eigenvalue weighted by Gasteiger charge is 2.37. The van der Waals surface area contributed by atoms with Crippen LogP contribution in [0.25, 0.3) is 0 Å². The minimum Gasteiger partial charge on any atom is -0.510 e. The van der Waals surface area contributed by atoms with E-state index in [1.165, 1.54) is 0 Å². The Morgan fingerprint density at radius 1 is 1.53 bits per heavy atom. The van der Waals surface area contributed by atoms with Crippen LogP contribution >= 0.6 is 0 Å². The van der Waals surface area contributed by atoms with Crippen molar-refractivity contribution in [2.24, 2.45) is 0 Å². The van der Waals surface area contributed by atoms with E-state index in [-0.39, 0.29) is 5.76 Å². The van der Waals surface area contributed by atoms with Crippen molar-refractivity contribution >= 4 is 12.0 Å². The fraction of sp³-hybridized carbons (Fsp3) is 0.600. The summed E-state index contributed by atoms with van der Waals surface area (Å²) in [5.74, 6) is -0.667. The van der Waals surface area contributed by atoms with Crippen molar-refractivity contribution in [3.05, 3.63) is 11.8 Å². The van der Waals surface area contributed by atoms with Gasteiger partial charge in [0.15, 0.2) is 0 Å². The van der Waals surface area contributed by atoms with E-state index < -0.39 is 23.6 Å². The van der Waals surface area contributed by atoms with Crippen LogP contribution in [0, 0.1) is 0 Å². The summed E-state index contributed by atoms with van der Waals surface area (Å²) < 4.78 is 5.03. The van der Waals surface area contributed by atoms with E-state index in [2.05, 4.69) is 0 Å². The Bertz CT molecular complexity index is 327. The highest BCUT2D eigenvalue weighted by atomic mass is 16.6. The molecule has 0 radical (unpaired) electrons. The van der Waals surface area contributed by atoms with Crippen LogP contribution < -0.4 is 0 Å². The average molecular weight is 213 g/mol. The number of carbonyl (C=O) groups is 2. The third-order valence-electron chi connectivity index (χ3n) is 1.91. The molecule has 1 unspecified atom stereocenters. The van der Waals surface area contributed by atoms with Crippen LogP contribution in [0.5, 0.6) is 0 Å². The zero-order valence-corrected chi connectivity index (χ0v) is 9.27. The first kappa shape index (κ1) is 11.6. The molecule has 1 rings (SSSR count). The molecule has 0 spiro atoms. The quantitative estimate of drug-likeness (QED) is 0.663. The van der Waals surface area contributed by atoms with Crippen LogP contribution in [0.4, 0.5) is 4.79 Å². The van der Waals surface area contributed by atoms with Gasteiger partial charge in [-0.3, -0.25) is 4.79 Å². The number of amides is 2. The molecule has 2 amide bonds. The summed E-state index contributed by atoms with van der Waals surface area (Å²) in [6.45, 7) is 6.69. The van der Waals surface area contributed by atoms with Gasteiger partial charge < -0.3 is 9.84 Å². The molecule has 1 atom stereocenters. The number of nitrogens with zero attached hydrogens (tertiary/aromatic N) is 1. The minimum absolute atomic E-state index is 0.120. The molecular weight excluding hydrogens is 198 g/mol. The number of hydrogen-bond donors (Lipinski definition) is 1. The topological polar surface area (TPSA) is 66.8 Å². The van der Waals surface area contributed by atoms with E-state index in [0.29, 0.717) is 0 Å². The number of rotatable bonds is 0. The first-order valence-corrected chi connectivity index (χ1v) is 4.69. The highest BCUT2D eigenvalue weighted by Crippen LogP contribution is 2.20. The van der Waals surface area contributed by atoms with Crippen molar-refractivity contribution in [2.45, 2.75) is 39.3 Å². The van der Waals surface area contributed by atoms with E-state index in [1.807, 2.05) is 0 Å². The molecule has 84 valence electrons. The van der Waals surface area contributed by atoms with Gasteiger partial charge in [-0.25, -0.2) is 9.69 Å². The monoisotopic (exact) mass is 213 g/mol. The number of aliphatic hydroxyl groups excluding tert-OH is 1. The van der Waals surface area contributed by atoms with Gasteiger partial charge in [0.2, 0.25) is 0 Å². The average Bonchev–Trinajstić information content (AvgIpc) is 2.22. The van der Waals surface area contributed by atoms with Crippen molar-refractivity contribution in [3.8, 4) is 0 Å². The van der Waals surface area contributed by atoms with Gasteiger partial charge in [0.1, 0.15) is 11.4 Å². The summed E-state index contributed by atoms with van der Waals surface area (Å²) in [6.07, 6.45) is 0.287. The van der Waals surface area contributed by atoms with Crippen molar-refractivity contribution in [1.82, 2.24) is 4.90 Å². The van der Waals surface area contributed by atoms with Gasteiger partial charge in [-0.15, -0.1) is 0 Å². The lowest BCUT2D eigenvalue weighted by Crippen LogP contribution is -2.42. The van der Waals surface area contributed by atoms with Gasteiger partial charge in [0.25, 0.3) is 5.91 Å². The lowest BCUT2D eigenvalue weighted by atomic mass is 10.2. The van der Waals surface area contributed by atoms with Crippen LogP contribution in [-0.4, -0.2) is 33.6 Å². The van der Waals surface area contributed by atoms with E-state index in [4.69, 9.17) is 4.74 Å². The Labute approximate surface area is 88.3 Å². The van der Waals surface area contributed by atoms with Gasteiger partial charge in [-0.1, -0.05) is 0 Å². The Morgan fingerprint density at radius 3 is 2.40 bits per heavy atom. The molecular formula is C10H15NO4. The lowest BCUT2D eigenvalue weighted by Gasteiger charge is -2.25. The molecule has 0 aliphatic carbocycles. The summed E-state index contributed by atoms with van der Waals surface area (Å²) in [5.41, 5.74) is -0.657. The maximum Gasteiger partial charge on any atom is 0.417 e. The number of imide groups is 1. The third-order valence-corrected chi connectivity index (χ3v) is 1.91. The molecule has 15 heavy (non-hydrogen) atoms. The molecule has 0 bridgehead atoms. The Balaban J connectivity index is 2.75. The maximum atomic E-state index is 11.6. The highest BCUT2D eigenvalue weighted by molar-refractivity contribution is 6.01. The summed E-state index contributed by atoms with van der Waals surface area (Å²) in [6, 6.07) is -0.646. The Kier molecular flexibility index (Phi) is 2.75. The van der Waals surface area contributed by atoms with Crippen LogP contribution in [0.15, 0.2) is 11.8 Å². The van der Waals surface area contributed by atoms with Gasteiger partial charge in [-0.05, 0) is 27.7 Å². The number of carbonyl (C=O) groups excluding carboxylic acids is 2. The van der Waals surface area contributed by atoms with Gasteiger partial charge in [0.05, 0.1) is 6.04 Å². The van der Waals surface area contributed by atoms with E-state index in [1.54, 1.807) is 27.7 Å². The molecule has 0 aromatic rings. The van der Waals surface area contributed by atoms with Crippen LogP contribution in [-0.2, 0) is 9.53 Å². The zero-order valence-electron chi connectivity index (χ0n) is 9.27. The molecule has 1 N–H and O–H groups in total. The molecule has 1 heterocycles. The number of aliphatic hydroxyl groups is 1. The summed E-state index contributed by atoms with van der Waals surface area (Å²) in [7, 11) is 0. The predicted molar refractivity (Wildman–Crippen MR) is 53.3 cm³/mol. The van der Waals surface area contributed by atoms with Crippen molar-refractivity contribution in [2.75, 3.05) is 0 Å². The normalized spacial score (nSPS) is 21.6. The summed E-state index contributed by atoms with van der Waals surface area (Å²) in [5, 5.41) is 9.28. The van der Waals surface area contributed by atoms with Gasteiger partial charge in [0, 0.05) is 6.08 Å². The molecule has 5 heteroatoms. The van der Waals surface area contributed by atoms with E-state index in [9.17, 15) is 14.7 Å². The van der Waals surface area contributed by atoms with Crippen LogP contribution in [0.3, 0.4) is 0 Å². The number of ether oxygens (including phenoxy) is 1. The van der Waals surface area contributed by atoms with Gasteiger partial charge >= 0.3 is 6.09 Å². The lowest BCUT2D eigenvalue weighted by molar-refractivity contribution is -0.125. The van der Waals surface area contributed by atoms with Crippen LogP contribution in [0.2, 0.25) is 0 Å². The maximum absolute atomic E-state index is 11.6. The minimum atomic E-state index is -0.736. The van der Waals surface area contributed by atoms with Crippen molar-refractivity contribution in [1.29, 1.82) is 0 Å². The standard InChI is InChI=1S/C10H15NO4/c1-6-7(12)5-8(13)11(6)9(14)15-10(2,3)4/h5-6,12H,1-4H3. The van der Waals surface area contributed by atoms with Crippen molar-refractivity contribution in [3.63, 3.8) is 0 Å². The molecule has 5 nitrogen and oxygen atoms in total. The van der Waals surface area contributed by atoms with E-state index >= 15 is 0 Å². The molecule has 0 fully saturated rings. The first-order chi connectivity index (χ1) is 6.72. The Hall–Kier alpha value is -1.52.